The number of rotatable bonds is 3. The first kappa shape index (κ1) is 19.2. The van der Waals surface area contributed by atoms with Crippen molar-refractivity contribution in [2.45, 2.75) is 43.7 Å². The maximum Gasteiger partial charge on any atom is 0.280 e. The first-order valence-corrected chi connectivity index (χ1v) is 9.95. The van der Waals surface area contributed by atoms with Crippen LogP contribution in [0.5, 0.6) is 0 Å². The van der Waals surface area contributed by atoms with Crippen LogP contribution in [0.1, 0.15) is 36.0 Å². The van der Waals surface area contributed by atoms with Crippen LogP contribution in [0.25, 0.3) is 16.8 Å². The summed E-state index contributed by atoms with van der Waals surface area (Å²) in [5.41, 5.74) is 6.67. The van der Waals surface area contributed by atoms with E-state index in [9.17, 15) is 13.6 Å². The minimum Gasteiger partial charge on any atom is -0.339 e. The molecule has 6 nitrogen and oxygen atoms in total. The lowest BCUT2D eigenvalue weighted by Gasteiger charge is -2.43. The number of hydrogen-bond donors (Lipinski definition) is 2. The Morgan fingerprint density at radius 3 is 2.96 bits per heavy atom. The quantitative estimate of drug-likeness (QED) is 0.669. The fourth-order valence-corrected chi connectivity index (χ4v) is 4.69. The molecule has 0 spiro atoms. The lowest BCUT2D eigenvalue weighted by atomic mass is 9.77. The van der Waals surface area contributed by atoms with Crippen LogP contribution in [0.3, 0.4) is 0 Å². The van der Waals surface area contributed by atoms with Crippen LogP contribution >= 0.6 is 22.9 Å². The monoisotopic (exact) mass is 425 g/mol. The van der Waals surface area contributed by atoms with E-state index in [0.29, 0.717) is 24.1 Å². The van der Waals surface area contributed by atoms with Crippen LogP contribution in [0.2, 0.25) is 4.34 Å². The second-order valence-corrected chi connectivity index (χ2v) is 8.86. The molecule has 3 aromatic heterocycles. The van der Waals surface area contributed by atoms with E-state index >= 15 is 0 Å². The van der Waals surface area contributed by atoms with E-state index in [1.54, 1.807) is 16.9 Å². The number of carbonyl (C=O) groups is 1. The Morgan fingerprint density at radius 1 is 1.43 bits per heavy atom. The Hall–Kier alpha value is -2.10. The summed E-state index contributed by atoms with van der Waals surface area (Å²) in [6.45, 7) is 1.53. The zero-order chi connectivity index (χ0) is 20.1. The third-order valence-electron chi connectivity index (χ3n) is 5.04. The Morgan fingerprint density at radius 2 is 2.21 bits per heavy atom. The predicted molar refractivity (Wildman–Crippen MR) is 104 cm³/mol. The number of nitrogens with one attached hydrogen (secondary N) is 1. The van der Waals surface area contributed by atoms with Crippen molar-refractivity contribution in [3.63, 3.8) is 0 Å². The van der Waals surface area contributed by atoms with Gasteiger partial charge in [-0.15, -0.1) is 0 Å². The van der Waals surface area contributed by atoms with Gasteiger partial charge in [-0.2, -0.15) is 5.10 Å². The van der Waals surface area contributed by atoms with Crippen molar-refractivity contribution < 1.29 is 13.6 Å². The van der Waals surface area contributed by atoms with Gasteiger partial charge in [0.1, 0.15) is 16.1 Å². The molecule has 1 fully saturated rings. The van der Waals surface area contributed by atoms with Gasteiger partial charge in [0.2, 0.25) is 0 Å². The Balaban J connectivity index is 1.64. The summed E-state index contributed by atoms with van der Waals surface area (Å²) in [6.07, 6.45) is 3.79. The third-order valence-corrected chi connectivity index (χ3v) is 6.30. The van der Waals surface area contributed by atoms with Gasteiger partial charge in [0.15, 0.2) is 5.01 Å². The molecule has 0 saturated heterocycles. The standard InChI is InChI=1S/C18H18ClF2N5OS/c1-17(22)6-4-7-18(20,21)16(17)25-14(27)15-24-12(13(19)28-15)10-9-23-26-8-3-2-5-11(10)26/h2-3,5,8-9,16H,4,6-7,22H2,1H3,(H,25,27). The fraction of sp³-hybridized carbons (Fsp3) is 0.389. The van der Waals surface area contributed by atoms with Gasteiger partial charge in [0, 0.05) is 23.7 Å². The summed E-state index contributed by atoms with van der Waals surface area (Å²) in [5.74, 6) is -3.79. The van der Waals surface area contributed by atoms with Crippen molar-refractivity contribution in [3.8, 4) is 11.3 Å². The number of halogens is 3. The van der Waals surface area contributed by atoms with Gasteiger partial charge >= 0.3 is 0 Å². The van der Waals surface area contributed by atoms with E-state index in [2.05, 4.69) is 15.4 Å². The molecule has 3 N–H and O–H groups in total. The van der Waals surface area contributed by atoms with E-state index in [1.807, 2.05) is 18.2 Å². The summed E-state index contributed by atoms with van der Waals surface area (Å²) in [7, 11) is 0. The molecule has 1 aliphatic rings. The number of hydrogen-bond acceptors (Lipinski definition) is 5. The van der Waals surface area contributed by atoms with Gasteiger partial charge in [0.05, 0.1) is 11.7 Å². The maximum absolute atomic E-state index is 14.4. The highest BCUT2D eigenvalue weighted by molar-refractivity contribution is 7.18. The molecule has 1 amide bonds. The molecule has 0 bridgehead atoms. The van der Waals surface area contributed by atoms with Crippen LogP contribution in [-0.2, 0) is 0 Å². The molecule has 0 aromatic carbocycles. The number of carbonyl (C=O) groups excluding carboxylic acids is 1. The van der Waals surface area contributed by atoms with Crippen molar-refractivity contribution in [3.05, 3.63) is 39.9 Å². The molecule has 1 saturated carbocycles. The summed E-state index contributed by atoms with van der Waals surface area (Å²) in [6, 6.07) is 4.06. The van der Waals surface area contributed by atoms with E-state index in [0.717, 1.165) is 16.9 Å². The summed E-state index contributed by atoms with van der Waals surface area (Å²) < 4.78 is 30.7. The molecule has 3 aromatic rings. The van der Waals surface area contributed by atoms with Crippen molar-refractivity contribution in [2.24, 2.45) is 5.73 Å². The van der Waals surface area contributed by atoms with Crippen molar-refractivity contribution >= 4 is 34.4 Å². The van der Waals surface area contributed by atoms with Crippen molar-refractivity contribution in [1.29, 1.82) is 0 Å². The summed E-state index contributed by atoms with van der Waals surface area (Å²) in [5, 5.41) is 6.63. The van der Waals surface area contributed by atoms with Gasteiger partial charge in [-0.3, -0.25) is 4.79 Å². The summed E-state index contributed by atoms with van der Waals surface area (Å²) >= 11 is 7.24. The number of pyridine rings is 1. The molecule has 4 rings (SSSR count). The highest BCUT2D eigenvalue weighted by Gasteiger charge is 2.52. The number of alkyl halides is 2. The Bertz CT molecular complexity index is 1030. The maximum atomic E-state index is 14.4. The molecule has 1 aliphatic carbocycles. The summed E-state index contributed by atoms with van der Waals surface area (Å²) in [4.78, 5) is 17.0. The molecule has 3 heterocycles. The highest BCUT2D eigenvalue weighted by atomic mass is 35.5. The lowest BCUT2D eigenvalue weighted by Crippen LogP contribution is -2.66. The highest BCUT2D eigenvalue weighted by Crippen LogP contribution is 2.39. The Labute approximate surface area is 168 Å². The number of thiazole rings is 1. The smallest absolute Gasteiger partial charge is 0.280 e. The molecule has 148 valence electrons. The normalized spacial score (nSPS) is 24.4. The molecule has 2 atom stereocenters. The van der Waals surface area contributed by atoms with E-state index in [-0.39, 0.29) is 15.8 Å². The number of fused-ring (bicyclic) bond motifs is 1. The average Bonchev–Trinajstić information content (AvgIpc) is 3.21. The minimum atomic E-state index is -3.08. The number of nitrogens with zero attached hydrogens (tertiary/aromatic N) is 3. The van der Waals surface area contributed by atoms with Gasteiger partial charge in [-0.25, -0.2) is 18.3 Å². The fourth-order valence-electron chi connectivity index (χ4n) is 3.62. The zero-order valence-corrected chi connectivity index (χ0v) is 16.5. The Kier molecular flexibility index (Phi) is 4.64. The number of amides is 1. The van der Waals surface area contributed by atoms with Crippen molar-refractivity contribution in [1.82, 2.24) is 19.9 Å². The molecule has 0 radical (unpaired) electrons. The first-order valence-electron chi connectivity index (χ1n) is 8.76. The predicted octanol–water partition coefficient (Wildman–Crippen LogP) is 3.75. The van der Waals surface area contributed by atoms with E-state index < -0.39 is 23.4 Å². The molecule has 28 heavy (non-hydrogen) atoms. The van der Waals surface area contributed by atoms with Crippen LogP contribution in [0, 0.1) is 0 Å². The van der Waals surface area contributed by atoms with Gasteiger partial charge in [0.25, 0.3) is 11.8 Å². The molecule has 0 aliphatic heterocycles. The van der Waals surface area contributed by atoms with Crippen LogP contribution in [-0.4, -0.2) is 38.0 Å². The minimum absolute atomic E-state index is 0.00690. The van der Waals surface area contributed by atoms with Crippen LogP contribution in [0.4, 0.5) is 8.78 Å². The topological polar surface area (TPSA) is 85.3 Å². The van der Waals surface area contributed by atoms with Gasteiger partial charge in [-0.1, -0.05) is 29.0 Å². The first-order chi connectivity index (χ1) is 13.2. The third kappa shape index (κ3) is 3.27. The zero-order valence-electron chi connectivity index (χ0n) is 15.0. The van der Waals surface area contributed by atoms with E-state index in [4.69, 9.17) is 17.3 Å². The molecular weight excluding hydrogens is 408 g/mol. The SMILES string of the molecule is CC1(N)CCCC(F)(F)C1NC(=O)c1nc(-c2cnn3ccccc23)c(Cl)s1. The second kappa shape index (κ2) is 6.75. The second-order valence-electron chi connectivity index (χ2n) is 7.26. The number of nitrogens with two attached hydrogens (primary N) is 1. The van der Waals surface area contributed by atoms with Crippen molar-refractivity contribution in [2.75, 3.05) is 0 Å². The van der Waals surface area contributed by atoms with Gasteiger partial charge < -0.3 is 11.1 Å². The largest absolute Gasteiger partial charge is 0.339 e. The van der Waals surface area contributed by atoms with E-state index in [1.165, 1.54) is 6.92 Å². The molecular formula is C18H18ClF2N5OS. The molecule has 2 unspecified atom stereocenters. The lowest BCUT2D eigenvalue weighted by molar-refractivity contribution is -0.0852. The average molecular weight is 426 g/mol. The molecule has 10 heteroatoms. The number of aromatic nitrogens is 3. The van der Waals surface area contributed by atoms with Crippen LogP contribution in [0.15, 0.2) is 30.6 Å². The van der Waals surface area contributed by atoms with Crippen LogP contribution < -0.4 is 11.1 Å². The van der Waals surface area contributed by atoms with Gasteiger partial charge in [-0.05, 0) is 31.9 Å².